The Bertz CT molecular complexity index is 991. The maximum Gasteiger partial charge on any atom is 0.262 e. The Labute approximate surface area is 174 Å². The maximum absolute atomic E-state index is 12.8. The molecule has 1 saturated carbocycles. The predicted molar refractivity (Wildman–Crippen MR) is 117 cm³/mol. The summed E-state index contributed by atoms with van der Waals surface area (Å²) in [5.74, 6) is 0.622. The SMILES string of the molecule is Cc1ccc(C)c(S(=O)(=O)Nc2ccc(C3(C(=O)NCCC(C)C)CC3)cc2)c1. The van der Waals surface area contributed by atoms with Crippen molar-refractivity contribution in [1.82, 2.24) is 5.32 Å². The smallest absolute Gasteiger partial charge is 0.262 e. The van der Waals surface area contributed by atoms with Crippen molar-refractivity contribution in [1.29, 1.82) is 0 Å². The van der Waals surface area contributed by atoms with Crippen LogP contribution in [0.1, 0.15) is 49.8 Å². The van der Waals surface area contributed by atoms with Crippen molar-refractivity contribution in [2.24, 2.45) is 5.92 Å². The van der Waals surface area contributed by atoms with Crippen LogP contribution < -0.4 is 10.0 Å². The molecule has 3 rings (SSSR count). The molecule has 0 aliphatic heterocycles. The van der Waals surface area contributed by atoms with Crippen molar-refractivity contribution >= 4 is 21.6 Å². The van der Waals surface area contributed by atoms with Crippen LogP contribution in [-0.2, 0) is 20.2 Å². The average molecular weight is 415 g/mol. The number of amides is 1. The Morgan fingerprint density at radius 3 is 2.31 bits per heavy atom. The van der Waals surface area contributed by atoms with Gasteiger partial charge in [-0.2, -0.15) is 0 Å². The van der Waals surface area contributed by atoms with Crippen molar-refractivity contribution < 1.29 is 13.2 Å². The molecule has 2 aromatic rings. The Morgan fingerprint density at radius 2 is 1.72 bits per heavy atom. The molecule has 1 aliphatic carbocycles. The number of carbonyl (C=O) groups excluding carboxylic acids is 1. The first kappa shape index (κ1) is 21.4. The first-order valence-electron chi connectivity index (χ1n) is 10.1. The van der Waals surface area contributed by atoms with Gasteiger partial charge in [-0.05, 0) is 73.9 Å². The minimum Gasteiger partial charge on any atom is -0.355 e. The second-order valence-electron chi connectivity index (χ2n) is 8.47. The molecule has 2 aromatic carbocycles. The van der Waals surface area contributed by atoms with E-state index < -0.39 is 15.4 Å². The normalized spacial score (nSPS) is 15.2. The van der Waals surface area contributed by atoms with Gasteiger partial charge < -0.3 is 5.32 Å². The minimum atomic E-state index is -3.67. The van der Waals surface area contributed by atoms with E-state index in [1.807, 2.05) is 31.2 Å². The van der Waals surface area contributed by atoms with Crippen LogP contribution in [0.5, 0.6) is 0 Å². The van der Waals surface area contributed by atoms with E-state index in [0.29, 0.717) is 23.7 Å². The first-order valence-corrected chi connectivity index (χ1v) is 11.6. The summed E-state index contributed by atoms with van der Waals surface area (Å²) in [7, 11) is -3.67. The molecule has 0 spiro atoms. The fourth-order valence-corrected chi connectivity index (χ4v) is 4.87. The number of nitrogens with one attached hydrogen (secondary N) is 2. The first-order chi connectivity index (χ1) is 13.6. The zero-order valence-corrected chi connectivity index (χ0v) is 18.4. The van der Waals surface area contributed by atoms with Gasteiger partial charge in [0.2, 0.25) is 5.91 Å². The molecule has 2 N–H and O–H groups in total. The molecule has 0 aromatic heterocycles. The number of anilines is 1. The van der Waals surface area contributed by atoms with Gasteiger partial charge in [-0.15, -0.1) is 0 Å². The third-order valence-corrected chi connectivity index (χ3v) is 7.04. The van der Waals surface area contributed by atoms with Crippen LogP contribution in [0.4, 0.5) is 5.69 Å². The Balaban J connectivity index is 1.72. The second kappa shape index (κ2) is 8.19. The average Bonchev–Trinajstić information content (AvgIpc) is 3.45. The monoisotopic (exact) mass is 414 g/mol. The summed E-state index contributed by atoms with van der Waals surface area (Å²) < 4.78 is 28.2. The Hall–Kier alpha value is -2.34. The molecular weight excluding hydrogens is 384 g/mol. The molecule has 1 fully saturated rings. The molecule has 6 heteroatoms. The molecule has 0 saturated heterocycles. The van der Waals surface area contributed by atoms with Crippen molar-refractivity contribution in [3.63, 3.8) is 0 Å². The number of hydrogen-bond donors (Lipinski definition) is 2. The number of benzene rings is 2. The lowest BCUT2D eigenvalue weighted by molar-refractivity contribution is -0.123. The lowest BCUT2D eigenvalue weighted by Crippen LogP contribution is -2.35. The highest BCUT2D eigenvalue weighted by Crippen LogP contribution is 2.48. The molecule has 1 aliphatic rings. The lowest BCUT2D eigenvalue weighted by Gasteiger charge is -2.17. The highest BCUT2D eigenvalue weighted by Gasteiger charge is 2.51. The molecule has 0 unspecified atom stereocenters. The highest BCUT2D eigenvalue weighted by molar-refractivity contribution is 7.92. The van der Waals surface area contributed by atoms with Gasteiger partial charge >= 0.3 is 0 Å². The van der Waals surface area contributed by atoms with Gasteiger partial charge in [0.15, 0.2) is 0 Å². The summed E-state index contributed by atoms with van der Waals surface area (Å²) in [6.07, 6.45) is 2.61. The van der Waals surface area contributed by atoms with E-state index in [-0.39, 0.29) is 10.8 Å². The number of aryl methyl sites for hydroxylation is 2. The van der Waals surface area contributed by atoms with Gasteiger partial charge in [-0.1, -0.05) is 38.1 Å². The van der Waals surface area contributed by atoms with Gasteiger partial charge in [0.05, 0.1) is 10.3 Å². The summed E-state index contributed by atoms with van der Waals surface area (Å²) in [6.45, 7) is 8.61. The van der Waals surface area contributed by atoms with Crippen LogP contribution >= 0.6 is 0 Å². The fraction of sp³-hybridized carbons (Fsp3) is 0.435. The van der Waals surface area contributed by atoms with Crippen LogP contribution in [0.3, 0.4) is 0 Å². The summed E-state index contributed by atoms with van der Waals surface area (Å²) in [5, 5.41) is 3.05. The van der Waals surface area contributed by atoms with E-state index in [1.165, 1.54) is 0 Å². The van der Waals surface area contributed by atoms with E-state index in [9.17, 15) is 13.2 Å². The highest BCUT2D eigenvalue weighted by atomic mass is 32.2. The van der Waals surface area contributed by atoms with Crippen LogP contribution in [0, 0.1) is 19.8 Å². The molecule has 0 bridgehead atoms. The van der Waals surface area contributed by atoms with Crippen molar-refractivity contribution in [3.05, 3.63) is 59.2 Å². The van der Waals surface area contributed by atoms with E-state index >= 15 is 0 Å². The fourth-order valence-electron chi connectivity index (χ4n) is 3.48. The Kier molecular flexibility index (Phi) is 6.03. The summed E-state index contributed by atoms with van der Waals surface area (Å²) in [6, 6.07) is 12.6. The second-order valence-corrected chi connectivity index (χ2v) is 10.1. The number of sulfonamides is 1. The van der Waals surface area contributed by atoms with Crippen LogP contribution in [-0.4, -0.2) is 20.9 Å². The van der Waals surface area contributed by atoms with E-state index in [1.54, 1.807) is 25.1 Å². The zero-order valence-electron chi connectivity index (χ0n) is 17.6. The summed E-state index contributed by atoms with van der Waals surface area (Å²) in [5.41, 5.74) is 2.57. The van der Waals surface area contributed by atoms with Crippen LogP contribution in [0.15, 0.2) is 47.4 Å². The minimum absolute atomic E-state index is 0.0712. The maximum atomic E-state index is 12.8. The zero-order chi connectivity index (χ0) is 21.2. The van der Waals surface area contributed by atoms with Crippen LogP contribution in [0.25, 0.3) is 0 Å². The number of rotatable bonds is 8. The third-order valence-electron chi connectivity index (χ3n) is 5.51. The largest absolute Gasteiger partial charge is 0.355 e. The molecule has 29 heavy (non-hydrogen) atoms. The molecule has 156 valence electrons. The van der Waals surface area contributed by atoms with Gasteiger partial charge in [-0.3, -0.25) is 9.52 Å². The Morgan fingerprint density at radius 1 is 1.07 bits per heavy atom. The van der Waals surface area contributed by atoms with Crippen molar-refractivity contribution in [2.75, 3.05) is 11.3 Å². The van der Waals surface area contributed by atoms with Gasteiger partial charge in [0.1, 0.15) is 0 Å². The van der Waals surface area contributed by atoms with Gasteiger partial charge in [0, 0.05) is 12.2 Å². The lowest BCUT2D eigenvalue weighted by atomic mass is 9.94. The molecule has 0 radical (unpaired) electrons. The molecule has 0 atom stereocenters. The molecule has 1 amide bonds. The van der Waals surface area contributed by atoms with E-state index in [2.05, 4.69) is 23.9 Å². The van der Waals surface area contributed by atoms with Crippen LogP contribution in [0.2, 0.25) is 0 Å². The number of hydrogen-bond acceptors (Lipinski definition) is 3. The number of carbonyl (C=O) groups is 1. The van der Waals surface area contributed by atoms with Crippen molar-refractivity contribution in [2.45, 2.75) is 57.3 Å². The summed E-state index contributed by atoms with van der Waals surface area (Å²) in [4.78, 5) is 12.9. The standard InChI is InChI=1S/C23H30N2O3S/c1-16(2)11-14-24-22(26)23(12-13-23)19-7-9-20(10-8-19)25-29(27,28)21-15-17(3)5-6-18(21)4/h5-10,15-16,25H,11-14H2,1-4H3,(H,24,26). The van der Waals surface area contributed by atoms with Crippen molar-refractivity contribution in [3.8, 4) is 0 Å². The third kappa shape index (κ3) is 4.81. The van der Waals surface area contributed by atoms with E-state index in [4.69, 9.17) is 0 Å². The predicted octanol–water partition coefficient (Wildman–Crippen LogP) is 4.30. The van der Waals surface area contributed by atoms with Gasteiger partial charge in [-0.25, -0.2) is 8.42 Å². The molecule has 5 nitrogen and oxygen atoms in total. The molecular formula is C23H30N2O3S. The molecule has 0 heterocycles. The summed E-state index contributed by atoms with van der Waals surface area (Å²) >= 11 is 0. The quantitative estimate of drug-likeness (QED) is 0.676. The topological polar surface area (TPSA) is 75.3 Å². The van der Waals surface area contributed by atoms with E-state index in [0.717, 1.165) is 30.4 Å². The van der Waals surface area contributed by atoms with Gasteiger partial charge in [0.25, 0.3) is 10.0 Å².